The minimum absolute atomic E-state index is 0.266. The number of nitrogens with zero attached hydrogens (tertiary/aromatic N) is 2. The van der Waals surface area contributed by atoms with Gasteiger partial charge in [0.1, 0.15) is 0 Å². The van der Waals surface area contributed by atoms with Crippen molar-refractivity contribution < 1.29 is 4.79 Å². The predicted octanol–water partition coefficient (Wildman–Crippen LogP) is 4.96. The van der Waals surface area contributed by atoms with E-state index in [2.05, 4.69) is 41.1 Å². The molecule has 1 aliphatic heterocycles. The maximum absolute atomic E-state index is 12.4. The van der Waals surface area contributed by atoms with Crippen LogP contribution < -0.4 is 0 Å². The minimum Gasteiger partial charge on any atom is -0.343 e. The number of benzene rings is 2. The van der Waals surface area contributed by atoms with Gasteiger partial charge in [0.25, 0.3) is 0 Å². The van der Waals surface area contributed by atoms with Gasteiger partial charge >= 0.3 is 0 Å². The van der Waals surface area contributed by atoms with Crippen LogP contribution in [0.15, 0.2) is 65.5 Å². The Morgan fingerprint density at radius 2 is 1.70 bits per heavy atom. The number of amides is 1. The van der Waals surface area contributed by atoms with Crippen molar-refractivity contribution >= 4 is 17.2 Å². The Bertz CT molecular complexity index is 993. The van der Waals surface area contributed by atoms with E-state index in [4.69, 9.17) is 0 Å². The van der Waals surface area contributed by atoms with Crippen LogP contribution in [0.2, 0.25) is 0 Å². The van der Waals surface area contributed by atoms with Crippen molar-refractivity contribution in [2.75, 3.05) is 13.1 Å². The summed E-state index contributed by atoms with van der Waals surface area (Å²) in [7, 11) is 0. The minimum atomic E-state index is 0.266. The van der Waals surface area contributed by atoms with Crippen LogP contribution in [0.5, 0.6) is 0 Å². The molecule has 1 aliphatic rings. The first-order valence-electron chi connectivity index (χ1n) is 10.6. The summed E-state index contributed by atoms with van der Waals surface area (Å²) in [6.45, 7) is 1.75. The number of aromatic nitrogens is 1. The highest BCUT2D eigenvalue weighted by Crippen LogP contribution is 2.22. The zero-order valence-corrected chi connectivity index (χ0v) is 17.9. The van der Waals surface area contributed by atoms with Crippen molar-refractivity contribution in [3.8, 4) is 11.8 Å². The van der Waals surface area contributed by atoms with Crippen LogP contribution in [0, 0.1) is 17.8 Å². The Morgan fingerprint density at radius 3 is 2.37 bits per heavy atom. The van der Waals surface area contributed by atoms with Crippen LogP contribution in [-0.2, 0) is 17.6 Å². The number of rotatable bonds is 5. The number of aryl methyl sites for hydroxylation is 1. The zero-order valence-electron chi connectivity index (χ0n) is 17.1. The van der Waals surface area contributed by atoms with E-state index in [1.165, 1.54) is 5.56 Å². The highest BCUT2D eigenvalue weighted by atomic mass is 32.1. The molecule has 3 nitrogen and oxygen atoms in total. The summed E-state index contributed by atoms with van der Waals surface area (Å²) in [5.41, 5.74) is 6.29. The molecule has 2 heterocycles. The largest absolute Gasteiger partial charge is 0.343 e. The molecule has 1 aromatic heterocycles. The van der Waals surface area contributed by atoms with E-state index in [9.17, 15) is 4.79 Å². The third-order valence-electron chi connectivity index (χ3n) is 5.65. The quantitative estimate of drug-likeness (QED) is 0.553. The number of carbonyl (C=O) groups is 1. The number of piperidine rings is 1. The Morgan fingerprint density at radius 1 is 1.00 bits per heavy atom. The molecule has 0 atom stereocenters. The molecule has 30 heavy (non-hydrogen) atoms. The standard InChI is InChI=1S/C26H26N2OS/c29-26(13-12-25-19-30-20-27-25)28-16-14-24(15-17-28)18-23-10-8-22(9-11-23)7-6-21-4-2-1-3-5-21/h1-5,8-11,19-20,24H,12-18H2. The maximum atomic E-state index is 12.4. The summed E-state index contributed by atoms with van der Waals surface area (Å²) in [5, 5.41) is 2.03. The van der Waals surface area contributed by atoms with Crippen LogP contribution in [0.3, 0.4) is 0 Å². The van der Waals surface area contributed by atoms with Gasteiger partial charge in [-0.1, -0.05) is 42.2 Å². The van der Waals surface area contributed by atoms with Gasteiger partial charge in [0.05, 0.1) is 11.2 Å². The molecule has 0 bridgehead atoms. The number of carbonyl (C=O) groups excluding carboxylic acids is 1. The molecule has 4 rings (SSSR count). The smallest absolute Gasteiger partial charge is 0.222 e. The molecule has 2 aromatic carbocycles. The fraction of sp³-hybridized carbons (Fsp3) is 0.308. The number of thiazole rings is 1. The van der Waals surface area contributed by atoms with Gasteiger partial charge in [-0.05, 0) is 61.4 Å². The molecule has 1 fully saturated rings. The average molecular weight is 415 g/mol. The SMILES string of the molecule is O=C(CCc1cscn1)N1CCC(Cc2ccc(C#Cc3ccccc3)cc2)CC1. The first-order valence-corrected chi connectivity index (χ1v) is 11.5. The van der Waals surface area contributed by atoms with Gasteiger partial charge in [0.15, 0.2) is 0 Å². The van der Waals surface area contributed by atoms with Gasteiger partial charge in [0.2, 0.25) is 5.91 Å². The van der Waals surface area contributed by atoms with Crippen molar-refractivity contribution in [1.29, 1.82) is 0 Å². The monoisotopic (exact) mass is 414 g/mol. The lowest BCUT2D eigenvalue weighted by Crippen LogP contribution is -2.39. The van der Waals surface area contributed by atoms with Crippen LogP contribution >= 0.6 is 11.3 Å². The molecular formula is C26H26N2OS. The Labute approximate surface area is 182 Å². The summed E-state index contributed by atoms with van der Waals surface area (Å²) in [6.07, 6.45) is 4.56. The first-order chi connectivity index (χ1) is 14.8. The van der Waals surface area contributed by atoms with Gasteiger partial charge in [-0.2, -0.15) is 0 Å². The fourth-order valence-electron chi connectivity index (χ4n) is 3.86. The van der Waals surface area contributed by atoms with E-state index in [1.807, 2.05) is 46.1 Å². The van der Waals surface area contributed by atoms with Crippen molar-refractivity contribution in [2.45, 2.75) is 32.1 Å². The van der Waals surface area contributed by atoms with Gasteiger partial charge < -0.3 is 4.90 Å². The third kappa shape index (κ3) is 5.81. The van der Waals surface area contributed by atoms with Crippen LogP contribution in [-0.4, -0.2) is 28.9 Å². The zero-order chi connectivity index (χ0) is 20.6. The second-order valence-electron chi connectivity index (χ2n) is 7.82. The second kappa shape index (κ2) is 10.2. The van der Waals surface area contributed by atoms with E-state index < -0.39 is 0 Å². The van der Waals surface area contributed by atoms with E-state index in [0.717, 1.165) is 55.6 Å². The Hall–Kier alpha value is -2.90. The molecule has 0 saturated carbocycles. The van der Waals surface area contributed by atoms with Crippen LogP contribution in [0.1, 0.15) is 41.6 Å². The lowest BCUT2D eigenvalue weighted by atomic mass is 9.90. The summed E-state index contributed by atoms with van der Waals surface area (Å²) in [4.78, 5) is 18.7. The molecular weight excluding hydrogens is 388 g/mol. The normalized spacial score (nSPS) is 14.2. The van der Waals surface area contributed by atoms with Crippen molar-refractivity contribution in [3.63, 3.8) is 0 Å². The Kier molecular flexibility index (Phi) is 6.95. The molecule has 1 amide bonds. The van der Waals surface area contributed by atoms with Crippen molar-refractivity contribution in [2.24, 2.45) is 5.92 Å². The van der Waals surface area contributed by atoms with Gasteiger partial charge in [-0.25, -0.2) is 4.98 Å². The lowest BCUT2D eigenvalue weighted by Gasteiger charge is -2.32. The van der Waals surface area contributed by atoms with E-state index in [-0.39, 0.29) is 5.91 Å². The molecule has 0 unspecified atom stereocenters. The summed E-state index contributed by atoms with van der Waals surface area (Å²) < 4.78 is 0. The molecule has 0 N–H and O–H groups in total. The Balaban J connectivity index is 1.23. The van der Waals surface area contributed by atoms with Gasteiger partial charge in [-0.15, -0.1) is 11.3 Å². The molecule has 3 aromatic rings. The van der Waals surface area contributed by atoms with Crippen molar-refractivity contribution in [1.82, 2.24) is 9.88 Å². The highest BCUT2D eigenvalue weighted by molar-refractivity contribution is 7.07. The molecule has 4 heteroatoms. The third-order valence-corrected chi connectivity index (χ3v) is 6.28. The predicted molar refractivity (Wildman–Crippen MR) is 122 cm³/mol. The highest BCUT2D eigenvalue weighted by Gasteiger charge is 2.22. The lowest BCUT2D eigenvalue weighted by molar-refractivity contribution is -0.132. The van der Waals surface area contributed by atoms with Gasteiger partial charge in [-0.3, -0.25) is 4.79 Å². The first kappa shape index (κ1) is 20.4. The molecule has 0 spiro atoms. The number of hydrogen-bond donors (Lipinski definition) is 0. The van der Waals surface area contributed by atoms with Crippen LogP contribution in [0.4, 0.5) is 0 Å². The average Bonchev–Trinajstić information content (AvgIpc) is 3.32. The summed E-state index contributed by atoms with van der Waals surface area (Å²) >= 11 is 1.59. The second-order valence-corrected chi connectivity index (χ2v) is 8.54. The summed E-state index contributed by atoms with van der Waals surface area (Å²) in [5.74, 6) is 7.35. The summed E-state index contributed by atoms with van der Waals surface area (Å²) in [6, 6.07) is 18.7. The maximum Gasteiger partial charge on any atom is 0.222 e. The molecule has 1 saturated heterocycles. The van der Waals surface area contributed by atoms with Gasteiger partial charge in [0, 0.05) is 36.0 Å². The molecule has 0 radical (unpaired) electrons. The number of likely N-dealkylation sites (tertiary alicyclic amines) is 1. The van der Waals surface area contributed by atoms with Crippen molar-refractivity contribution in [3.05, 3.63) is 87.9 Å². The van der Waals surface area contributed by atoms with Crippen LogP contribution in [0.25, 0.3) is 0 Å². The van der Waals surface area contributed by atoms with E-state index >= 15 is 0 Å². The fourth-order valence-corrected chi connectivity index (χ4v) is 4.46. The molecule has 0 aliphatic carbocycles. The van der Waals surface area contributed by atoms with E-state index in [0.29, 0.717) is 12.3 Å². The molecule has 152 valence electrons. The number of hydrogen-bond acceptors (Lipinski definition) is 3. The van der Waals surface area contributed by atoms with E-state index in [1.54, 1.807) is 11.3 Å². The topological polar surface area (TPSA) is 33.2 Å².